The van der Waals surface area contributed by atoms with Crippen molar-refractivity contribution >= 4 is 5.97 Å². The van der Waals surface area contributed by atoms with E-state index in [0.717, 1.165) is 18.4 Å². The van der Waals surface area contributed by atoms with E-state index >= 15 is 0 Å². The SMILES string of the molecule is CCCCCCCCCCCCCCCCCc1ccc(COC(=O)C(CC(C)C)NC)cc1. The number of esters is 1. The lowest BCUT2D eigenvalue weighted by atomic mass is 10.0. The van der Waals surface area contributed by atoms with Gasteiger partial charge in [-0.2, -0.15) is 0 Å². The monoisotopic (exact) mass is 473 g/mol. The van der Waals surface area contributed by atoms with Crippen molar-refractivity contribution in [1.82, 2.24) is 5.32 Å². The molecule has 0 aliphatic heterocycles. The fraction of sp³-hybridized carbons (Fsp3) is 0.774. The summed E-state index contributed by atoms with van der Waals surface area (Å²) in [6, 6.07) is 8.37. The first kappa shape index (κ1) is 30.7. The van der Waals surface area contributed by atoms with Crippen molar-refractivity contribution in [3.63, 3.8) is 0 Å². The minimum absolute atomic E-state index is 0.155. The van der Waals surface area contributed by atoms with Crippen molar-refractivity contribution in [2.75, 3.05) is 7.05 Å². The second-order valence-corrected chi connectivity index (χ2v) is 10.6. The van der Waals surface area contributed by atoms with E-state index in [1.807, 2.05) is 7.05 Å². The number of carbonyl (C=O) groups excluding carboxylic acids is 1. The van der Waals surface area contributed by atoms with Crippen LogP contribution in [0.15, 0.2) is 24.3 Å². The first-order valence-corrected chi connectivity index (χ1v) is 14.5. The highest BCUT2D eigenvalue weighted by molar-refractivity contribution is 5.75. The van der Waals surface area contributed by atoms with E-state index < -0.39 is 0 Å². The number of nitrogens with one attached hydrogen (secondary N) is 1. The second kappa shape index (κ2) is 21.0. The van der Waals surface area contributed by atoms with Crippen molar-refractivity contribution in [3.8, 4) is 0 Å². The Morgan fingerprint density at radius 3 is 1.62 bits per heavy atom. The van der Waals surface area contributed by atoms with Gasteiger partial charge in [-0.15, -0.1) is 0 Å². The molecule has 0 aliphatic carbocycles. The Morgan fingerprint density at radius 2 is 1.18 bits per heavy atom. The topological polar surface area (TPSA) is 38.3 Å². The van der Waals surface area contributed by atoms with E-state index in [1.165, 1.54) is 102 Å². The van der Waals surface area contributed by atoms with Gasteiger partial charge in [-0.3, -0.25) is 4.79 Å². The maximum absolute atomic E-state index is 12.2. The lowest BCUT2D eigenvalue weighted by molar-refractivity contribution is -0.147. The van der Waals surface area contributed by atoms with Crippen molar-refractivity contribution in [2.24, 2.45) is 5.92 Å². The van der Waals surface area contributed by atoms with Crippen molar-refractivity contribution in [2.45, 2.75) is 143 Å². The van der Waals surface area contributed by atoms with Crippen LogP contribution in [-0.4, -0.2) is 19.1 Å². The van der Waals surface area contributed by atoms with Gasteiger partial charge in [-0.25, -0.2) is 0 Å². The average molecular weight is 474 g/mol. The van der Waals surface area contributed by atoms with Gasteiger partial charge in [0.2, 0.25) is 0 Å². The molecule has 1 atom stereocenters. The summed E-state index contributed by atoms with van der Waals surface area (Å²) in [7, 11) is 1.82. The zero-order valence-corrected chi connectivity index (χ0v) is 23.0. The molecule has 0 saturated heterocycles. The second-order valence-electron chi connectivity index (χ2n) is 10.6. The molecule has 0 aromatic heterocycles. The Morgan fingerprint density at radius 1 is 0.735 bits per heavy atom. The Kier molecular flexibility index (Phi) is 18.9. The molecule has 1 aromatic rings. The number of hydrogen-bond donors (Lipinski definition) is 1. The molecule has 1 unspecified atom stereocenters. The molecule has 0 saturated carbocycles. The summed E-state index contributed by atoms with van der Waals surface area (Å²) >= 11 is 0. The van der Waals surface area contributed by atoms with Crippen LogP contribution in [0.1, 0.15) is 135 Å². The minimum atomic E-state index is -0.218. The van der Waals surface area contributed by atoms with E-state index in [-0.39, 0.29) is 12.0 Å². The quantitative estimate of drug-likeness (QED) is 0.135. The molecule has 1 N–H and O–H groups in total. The van der Waals surface area contributed by atoms with Crippen LogP contribution in [0, 0.1) is 5.92 Å². The molecule has 0 bridgehead atoms. The van der Waals surface area contributed by atoms with Gasteiger partial charge in [-0.05, 0) is 43.4 Å². The zero-order chi connectivity index (χ0) is 24.9. The first-order chi connectivity index (χ1) is 16.6. The fourth-order valence-corrected chi connectivity index (χ4v) is 4.56. The molecule has 3 nitrogen and oxygen atoms in total. The number of ether oxygens (including phenoxy) is 1. The van der Waals surface area contributed by atoms with E-state index in [9.17, 15) is 4.79 Å². The summed E-state index contributed by atoms with van der Waals surface area (Å²) in [4.78, 5) is 12.2. The minimum Gasteiger partial charge on any atom is -0.460 e. The molecule has 0 amide bonds. The summed E-state index contributed by atoms with van der Waals surface area (Å²) in [6.45, 7) is 6.88. The van der Waals surface area contributed by atoms with Crippen LogP contribution in [0.4, 0.5) is 0 Å². The molecular weight excluding hydrogens is 418 g/mol. The molecule has 0 spiro atoms. The Balaban J connectivity index is 2.00. The van der Waals surface area contributed by atoms with Gasteiger partial charge < -0.3 is 10.1 Å². The third kappa shape index (κ3) is 16.3. The standard InChI is InChI=1S/C31H55NO2/c1-5-6-7-8-9-10-11-12-13-14-15-16-17-18-19-20-28-21-23-29(24-22-28)26-34-31(33)30(32-4)25-27(2)3/h21-24,27,30,32H,5-20,25-26H2,1-4H3. The zero-order valence-electron chi connectivity index (χ0n) is 23.0. The molecular formula is C31H55NO2. The van der Waals surface area contributed by atoms with Crippen LogP contribution in [0.25, 0.3) is 0 Å². The smallest absolute Gasteiger partial charge is 0.323 e. The number of carbonyl (C=O) groups is 1. The van der Waals surface area contributed by atoms with Gasteiger partial charge in [0.1, 0.15) is 12.6 Å². The third-order valence-electron chi connectivity index (χ3n) is 6.81. The molecule has 0 fully saturated rings. The van der Waals surface area contributed by atoms with E-state index in [4.69, 9.17) is 4.74 Å². The highest BCUT2D eigenvalue weighted by Crippen LogP contribution is 2.15. The molecule has 0 heterocycles. The van der Waals surface area contributed by atoms with Crippen molar-refractivity contribution in [1.29, 1.82) is 0 Å². The van der Waals surface area contributed by atoms with E-state index in [0.29, 0.717) is 12.5 Å². The predicted molar refractivity (Wildman–Crippen MR) is 147 cm³/mol. The number of benzene rings is 1. The van der Waals surface area contributed by atoms with Crippen LogP contribution in [0.5, 0.6) is 0 Å². The van der Waals surface area contributed by atoms with Gasteiger partial charge in [-0.1, -0.05) is 135 Å². The van der Waals surface area contributed by atoms with Crippen LogP contribution < -0.4 is 5.32 Å². The highest BCUT2D eigenvalue weighted by Gasteiger charge is 2.19. The number of rotatable bonds is 22. The van der Waals surface area contributed by atoms with Crippen LogP contribution in [0.3, 0.4) is 0 Å². The average Bonchev–Trinajstić information content (AvgIpc) is 2.84. The van der Waals surface area contributed by atoms with Gasteiger partial charge in [0.05, 0.1) is 0 Å². The summed E-state index contributed by atoms with van der Waals surface area (Å²) in [5, 5.41) is 3.07. The lowest BCUT2D eigenvalue weighted by Gasteiger charge is -2.17. The molecule has 0 radical (unpaired) electrons. The lowest BCUT2D eigenvalue weighted by Crippen LogP contribution is -2.36. The molecule has 196 valence electrons. The largest absolute Gasteiger partial charge is 0.460 e. The van der Waals surface area contributed by atoms with Crippen LogP contribution >= 0.6 is 0 Å². The molecule has 0 aliphatic rings. The summed E-state index contributed by atoms with van der Waals surface area (Å²) in [5.41, 5.74) is 2.45. The summed E-state index contributed by atoms with van der Waals surface area (Å²) < 4.78 is 5.51. The molecule has 3 heteroatoms. The van der Waals surface area contributed by atoms with Gasteiger partial charge in [0.25, 0.3) is 0 Å². The molecule has 1 rings (SSSR count). The number of unbranched alkanes of at least 4 members (excludes halogenated alkanes) is 14. The normalized spacial score (nSPS) is 12.3. The predicted octanol–water partition coefficient (Wildman–Crippen LogP) is 8.78. The number of aryl methyl sites for hydroxylation is 1. The molecule has 34 heavy (non-hydrogen) atoms. The number of hydrogen-bond acceptors (Lipinski definition) is 3. The highest BCUT2D eigenvalue weighted by atomic mass is 16.5. The Labute approximate surface area is 211 Å². The van der Waals surface area contributed by atoms with Crippen LogP contribution in [-0.2, 0) is 22.6 Å². The summed E-state index contributed by atoms with van der Waals surface area (Å²) in [5.74, 6) is 0.307. The van der Waals surface area contributed by atoms with E-state index in [2.05, 4.69) is 50.4 Å². The van der Waals surface area contributed by atoms with Crippen LogP contribution in [0.2, 0.25) is 0 Å². The van der Waals surface area contributed by atoms with E-state index in [1.54, 1.807) is 0 Å². The Bertz CT molecular complexity index is 596. The maximum Gasteiger partial charge on any atom is 0.323 e. The third-order valence-corrected chi connectivity index (χ3v) is 6.81. The molecule has 1 aromatic carbocycles. The van der Waals surface area contributed by atoms with Gasteiger partial charge in [0, 0.05) is 0 Å². The van der Waals surface area contributed by atoms with Crippen molar-refractivity contribution in [3.05, 3.63) is 35.4 Å². The van der Waals surface area contributed by atoms with Gasteiger partial charge in [0.15, 0.2) is 0 Å². The summed E-state index contributed by atoms with van der Waals surface area (Å²) in [6.07, 6.45) is 23.0. The van der Waals surface area contributed by atoms with Gasteiger partial charge >= 0.3 is 5.97 Å². The van der Waals surface area contributed by atoms with Crippen molar-refractivity contribution < 1.29 is 9.53 Å². The maximum atomic E-state index is 12.2. The fourth-order valence-electron chi connectivity index (χ4n) is 4.56. The first-order valence-electron chi connectivity index (χ1n) is 14.5. The Hall–Kier alpha value is -1.35. The number of likely N-dealkylation sites (N-methyl/N-ethyl adjacent to an activating group) is 1.